The van der Waals surface area contributed by atoms with Gasteiger partial charge in [-0.3, -0.25) is 4.90 Å². The molecule has 0 amide bonds. The molecule has 0 spiro atoms. The van der Waals surface area contributed by atoms with E-state index in [1.807, 2.05) is 0 Å². The first-order valence-electron chi connectivity index (χ1n) is 7.37. The van der Waals surface area contributed by atoms with Gasteiger partial charge in [-0.1, -0.05) is 43.5 Å². The number of likely N-dealkylation sites (N-methyl/N-ethyl adjacent to an activating group) is 1. The SMILES string of the molecule is CN(C1CCCCC1)C1CNCc2ccccc21. The fourth-order valence-electron chi connectivity index (χ4n) is 3.58. The van der Waals surface area contributed by atoms with E-state index in [0.29, 0.717) is 6.04 Å². The molecule has 0 radical (unpaired) electrons. The van der Waals surface area contributed by atoms with E-state index in [-0.39, 0.29) is 0 Å². The average molecular weight is 244 g/mol. The van der Waals surface area contributed by atoms with Crippen molar-refractivity contribution in [2.75, 3.05) is 13.6 Å². The Bertz CT molecular complexity index is 396. The number of hydrogen-bond acceptors (Lipinski definition) is 2. The summed E-state index contributed by atoms with van der Waals surface area (Å²) in [4.78, 5) is 2.63. The summed E-state index contributed by atoms with van der Waals surface area (Å²) in [5, 5.41) is 3.57. The molecular formula is C16H24N2. The second kappa shape index (κ2) is 5.41. The molecule has 1 aliphatic carbocycles. The van der Waals surface area contributed by atoms with Gasteiger partial charge in [0.1, 0.15) is 0 Å². The quantitative estimate of drug-likeness (QED) is 0.860. The topological polar surface area (TPSA) is 15.3 Å². The Balaban J connectivity index is 1.80. The van der Waals surface area contributed by atoms with Crippen molar-refractivity contribution in [1.82, 2.24) is 10.2 Å². The molecule has 0 bridgehead atoms. The Morgan fingerprint density at radius 2 is 1.89 bits per heavy atom. The highest BCUT2D eigenvalue weighted by atomic mass is 15.2. The number of hydrogen-bond donors (Lipinski definition) is 1. The van der Waals surface area contributed by atoms with Gasteiger partial charge < -0.3 is 5.32 Å². The number of fused-ring (bicyclic) bond motifs is 1. The minimum atomic E-state index is 0.568. The molecule has 1 heterocycles. The maximum Gasteiger partial charge on any atom is 0.0475 e. The summed E-state index contributed by atoms with van der Waals surface area (Å²) in [6, 6.07) is 10.3. The molecule has 18 heavy (non-hydrogen) atoms. The molecule has 1 aromatic carbocycles. The van der Waals surface area contributed by atoms with Gasteiger partial charge in [-0.25, -0.2) is 0 Å². The van der Waals surface area contributed by atoms with E-state index < -0.39 is 0 Å². The van der Waals surface area contributed by atoms with E-state index in [4.69, 9.17) is 0 Å². The molecule has 2 nitrogen and oxygen atoms in total. The van der Waals surface area contributed by atoms with E-state index in [1.165, 1.54) is 37.7 Å². The third kappa shape index (κ3) is 2.32. The van der Waals surface area contributed by atoms with Crippen molar-refractivity contribution >= 4 is 0 Å². The molecule has 1 N–H and O–H groups in total. The molecule has 1 atom stereocenters. The first-order chi connectivity index (χ1) is 8.86. The Kier molecular flexibility index (Phi) is 3.67. The van der Waals surface area contributed by atoms with Crippen LogP contribution in [0.1, 0.15) is 49.3 Å². The molecule has 1 fully saturated rings. The normalized spacial score (nSPS) is 25.1. The molecule has 98 valence electrons. The Morgan fingerprint density at radius 3 is 2.72 bits per heavy atom. The molecule has 1 aromatic rings. The fourth-order valence-corrected chi connectivity index (χ4v) is 3.58. The van der Waals surface area contributed by atoms with Gasteiger partial charge in [-0.05, 0) is 31.0 Å². The van der Waals surface area contributed by atoms with Crippen LogP contribution in [0, 0.1) is 0 Å². The average Bonchev–Trinajstić information content (AvgIpc) is 2.47. The number of rotatable bonds is 2. The predicted octanol–water partition coefficient (Wildman–Crippen LogP) is 3.10. The summed E-state index contributed by atoms with van der Waals surface area (Å²) in [6.07, 6.45) is 7.03. The van der Waals surface area contributed by atoms with Crippen molar-refractivity contribution < 1.29 is 0 Å². The predicted molar refractivity (Wildman–Crippen MR) is 75.5 cm³/mol. The zero-order chi connectivity index (χ0) is 12.4. The molecule has 1 aliphatic heterocycles. The monoisotopic (exact) mass is 244 g/mol. The van der Waals surface area contributed by atoms with Crippen LogP contribution < -0.4 is 5.32 Å². The fraction of sp³-hybridized carbons (Fsp3) is 0.625. The largest absolute Gasteiger partial charge is 0.311 e. The maximum atomic E-state index is 3.57. The van der Waals surface area contributed by atoms with Crippen LogP contribution in [0.5, 0.6) is 0 Å². The number of benzene rings is 1. The van der Waals surface area contributed by atoms with E-state index in [2.05, 4.69) is 41.5 Å². The molecule has 0 aromatic heterocycles. The highest BCUT2D eigenvalue weighted by molar-refractivity contribution is 5.32. The minimum Gasteiger partial charge on any atom is -0.311 e. The third-order valence-electron chi connectivity index (χ3n) is 4.71. The van der Waals surface area contributed by atoms with Gasteiger partial charge in [-0.2, -0.15) is 0 Å². The maximum absolute atomic E-state index is 3.57. The molecule has 2 heteroatoms. The Labute approximate surface area is 110 Å². The van der Waals surface area contributed by atoms with Gasteiger partial charge in [0.25, 0.3) is 0 Å². The van der Waals surface area contributed by atoms with Crippen molar-refractivity contribution in [3.05, 3.63) is 35.4 Å². The lowest BCUT2D eigenvalue weighted by molar-refractivity contribution is 0.130. The van der Waals surface area contributed by atoms with Crippen LogP contribution in [0.15, 0.2) is 24.3 Å². The second-order valence-electron chi connectivity index (χ2n) is 5.80. The summed E-state index contributed by atoms with van der Waals surface area (Å²) in [6.45, 7) is 2.13. The van der Waals surface area contributed by atoms with Gasteiger partial charge in [0.05, 0.1) is 0 Å². The van der Waals surface area contributed by atoms with Crippen LogP contribution in [0.25, 0.3) is 0 Å². The van der Waals surface area contributed by atoms with Crippen molar-refractivity contribution in [3.8, 4) is 0 Å². The van der Waals surface area contributed by atoms with Gasteiger partial charge in [0.2, 0.25) is 0 Å². The summed E-state index contributed by atoms with van der Waals surface area (Å²) in [5.41, 5.74) is 3.03. The lowest BCUT2D eigenvalue weighted by atomic mass is 9.90. The van der Waals surface area contributed by atoms with Crippen LogP contribution in [-0.2, 0) is 6.54 Å². The van der Waals surface area contributed by atoms with Gasteiger partial charge >= 0.3 is 0 Å². The van der Waals surface area contributed by atoms with E-state index in [9.17, 15) is 0 Å². The summed E-state index contributed by atoms with van der Waals surface area (Å²) < 4.78 is 0. The standard InChI is InChI=1S/C16H24N2/c1-18(14-8-3-2-4-9-14)16-12-17-11-13-7-5-6-10-15(13)16/h5-7,10,14,16-17H,2-4,8-9,11-12H2,1H3. The molecular weight excluding hydrogens is 220 g/mol. The molecule has 3 rings (SSSR count). The zero-order valence-corrected chi connectivity index (χ0v) is 11.4. The van der Waals surface area contributed by atoms with E-state index in [1.54, 1.807) is 5.56 Å². The minimum absolute atomic E-state index is 0.568. The molecule has 1 unspecified atom stereocenters. The highest BCUT2D eigenvalue weighted by Crippen LogP contribution is 2.31. The number of nitrogens with one attached hydrogen (secondary N) is 1. The van der Waals surface area contributed by atoms with Crippen LogP contribution in [0.4, 0.5) is 0 Å². The highest BCUT2D eigenvalue weighted by Gasteiger charge is 2.28. The number of nitrogens with zero attached hydrogens (tertiary/aromatic N) is 1. The van der Waals surface area contributed by atoms with Crippen LogP contribution in [-0.4, -0.2) is 24.5 Å². The lowest BCUT2D eigenvalue weighted by Crippen LogP contribution is -2.43. The van der Waals surface area contributed by atoms with Crippen LogP contribution >= 0.6 is 0 Å². The molecule has 1 saturated carbocycles. The Hall–Kier alpha value is -0.860. The smallest absolute Gasteiger partial charge is 0.0475 e. The lowest BCUT2D eigenvalue weighted by Gasteiger charge is -2.40. The van der Waals surface area contributed by atoms with Gasteiger partial charge in [0, 0.05) is 25.2 Å². The summed E-state index contributed by atoms with van der Waals surface area (Å²) in [7, 11) is 2.32. The van der Waals surface area contributed by atoms with Crippen molar-refractivity contribution in [2.45, 2.75) is 50.7 Å². The summed E-state index contributed by atoms with van der Waals surface area (Å²) >= 11 is 0. The first kappa shape index (κ1) is 12.2. The van der Waals surface area contributed by atoms with Crippen molar-refractivity contribution in [3.63, 3.8) is 0 Å². The second-order valence-corrected chi connectivity index (χ2v) is 5.80. The zero-order valence-electron chi connectivity index (χ0n) is 11.4. The Morgan fingerprint density at radius 1 is 1.11 bits per heavy atom. The van der Waals surface area contributed by atoms with Crippen molar-refractivity contribution in [2.24, 2.45) is 0 Å². The first-order valence-corrected chi connectivity index (χ1v) is 7.37. The van der Waals surface area contributed by atoms with Gasteiger partial charge in [-0.15, -0.1) is 0 Å². The van der Waals surface area contributed by atoms with E-state index >= 15 is 0 Å². The summed E-state index contributed by atoms with van der Waals surface area (Å²) in [5.74, 6) is 0. The molecule has 2 aliphatic rings. The van der Waals surface area contributed by atoms with E-state index in [0.717, 1.165) is 19.1 Å². The van der Waals surface area contributed by atoms with Crippen LogP contribution in [0.2, 0.25) is 0 Å². The van der Waals surface area contributed by atoms with Crippen LogP contribution in [0.3, 0.4) is 0 Å². The van der Waals surface area contributed by atoms with Gasteiger partial charge in [0.15, 0.2) is 0 Å². The third-order valence-corrected chi connectivity index (χ3v) is 4.71. The van der Waals surface area contributed by atoms with Crippen molar-refractivity contribution in [1.29, 1.82) is 0 Å². The molecule has 0 saturated heterocycles.